The molecule has 0 aromatic heterocycles. The van der Waals surface area contributed by atoms with Gasteiger partial charge in [0, 0.05) is 32.8 Å². The second-order valence-corrected chi connectivity index (χ2v) is 5.26. The highest BCUT2D eigenvalue weighted by Crippen LogP contribution is 2.36. The summed E-state index contributed by atoms with van der Waals surface area (Å²) >= 11 is 0. The molecule has 8 heteroatoms. The summed E-state index contributed by atoms with van der Waals surface area (Å²) in [6, 6.07) is 4.82. The van der Waals surface area contributed by atoms with Gasteiger partial charge in [-0.1, -0.05) is 18.2 Å². The average Bonchev–Trinajstić information content (AvgIpc) is 2.45. The fourth-order valence-corrected chi connectivity index (χ4v) is 2.54. The molecule has 1 aromatic rings. The topological polar surface area (TPSA) is 58.6 Å². The van der Waals surface area contributed by atoms with Crippen molar-refractivity contribution >= 4 is 11.8 Å². The highest BCUT2D eigenvalue weighted by Gasteiger charge is 2.41. The van der Waals surface area contributed by atoms with E-state index in [1.54, 1.807) is 0 Å². The van der Waals surface area contributed by atoms with Crippen LogP contribution in [0.25, 0.3) is 0 Å². The SMILES string of the molecule is CNC(=O)C1CN(C(=O)C(OC)c2ccccc2C(F)(F)F)C1. The van der Waals surface area contributed by atoms with Crippen molar-refractivity contribution in [2.24, 2.45) is 5.92 Å². The lowest BCUT2D eigenvalue weighted by Crippen LogP contribution is -2.56. The Bertz CT molecular complexity index is 598. The van der Waals surface area contributed by atoms with Gasteiger partial charge in [-0.2, -0.15) is 13.2 Å². The Labute approximate surface area is 131 Å². The van der Waals surface area contributed by atoms with Gasteiger partial charge in [-0.05, 0) is 6.07 Å². The zero-order valence-corrected chi connectivity index (χ0v) is 12.7. The number of alkyl halides is 3. The van der Waals surface area contributed by atoms with Crippen molar-refractivity contribution < 1.29 is 27.5 Å². The van der Waals surface area contributed by atoms with Crippen molar-refractivity contribution in [2.45, 2.75) is 12.3 Å². The Hall–Kier alpha value is -2.09. The number of nitrogens with zero attached hydrogens (tertiary/aromatic N) is 1. The number of rotatable bonds is 4. The van der Waals surface area contributed by atoms with Crippen LogP contribution in [0.3, 0.4) is 0 Å². The van der Waals surface area contributed by atoms with Crippen molar-refractivity contribution in [3.05, 3.63) is 35.4 Å². The largest absolute Gasteiger partial charge is 0.416 e. The van der Waals surface area contributed by atoms with Gasteiger partial charge in [0.2, 0.25) is 5.91 Å². The van der Waals surface area contributed by atoms with E-state index in [1.807, 2.05) is 0 Å². The predicted molar refractivity (Wildman–Crippen MR) is 75.3 cm³/mol. The lowest BCUT2D eigenvalue weighted by atomic mass is 9.95. The molecule has 1 aliphatic heterocycles. The number of hydrogen-bond donors (Lipinski definition) is 1. The standard InChI is InChI=1S/C15H17F3N2O3/c1-19-13(21)9-7-20(8-9)14(22)12(23-2)10-5-3-4-6-11(10)15(16,17)18/h3-6,9,12H,7-8H2,1-2H3,(H,19,21). The van der Waals surface area contributed by atoms with E-state index in [4.69, 9.17) is 4.74 Å². The van der Waals surface area contributed by atoms with Crippen LogP contribution in [-0.4, -0.2) is 44.0 Å². The molecule has 0 saturated carbocycles. The number of carbonyl (C=O) groups is 2. The average molecular weight is 330 g/mol. The number of methoxy groups -OCH3 is 1. The van der Waals surface area contributed by atoms with Crippen LogP contribution in [0.1, 0.15) is 17.2 Å². The summed E-state index contributed by atoms with van der Waals surface area (Å²) in [5.41, 5.74) is -1.13. The van der Waals surface area contributed by atoms with E-state index in [1.165, 1.54) is 37.3 Å². The molecule has 1 N–H and O–H groups in total. The molecule has 2 rings (SSSR count). The molecule has 1 atom stereocenters. The van der Waals surface area contributed by atoms with Gasteiger partial charge in [-0.15, -0.1) is 0 Å². The van der Waals surface area contributed by atoms with Crippen LogP contribution in [-0.2, 0) is 20.5 Å². The third-order valence-corrected chi connectivity index (χ3v) is 3.82. The van der Waals surface area contributed by atoms with E-state index in [0.29, 0.717) is 0 Å². The number of likely N-dealkylation sites (tertiary alicyclic amines) is 1. The number of hydrogen-bond acceptors (Lipinski definition) is 3. The smallest absolute Gasteiger partial charge is 0.367 e. The quantitative estimate of drug-likeness (QED) is 0.912. The number of ether oxygens (including phenoxy) is 1. The highest BCUT2D eigenvalue weighted by molar-refractivity contribution is 5.87. The number of nitrogens with one attached hydrogen (secondary N) is 1. The maximum Gasteiger partial charge on any atom is 0.416 e. The van der Waals surface area contributed by atoms with E-state index in [9.17, 15) is 22.8 Å². The summed E-state index contributed by atoms with van der Waals surface area (Å²) in [5.74, 6) is -1.11. The van der Waals surface area contributed by atoms with Crippen LogP contribution >= 0.6 is 0 Å². The summed E-state index contributed by atoms with van der Waals surface area (Å²) in [5, 5.41) is 2.47. The first kappa shape index (κ1) is 17.3. The first-order chi connectivity index (χ1) is 10.8. The Morgan fingerprint density at radius 3 is 2.43 bits per heavy atom. The van der Waals surface area contributed by atoms with E-state index in [0.717, 1.165) is 6.07 Å². The van der Waals surface area contributed by atoms with Crippen LogP contribution < -0.4 is 5.32 Å². The molecule has 0 spiro atoms. The molecule has 1 unspecified atom stereocenters. The summed E-state index contributed by atoms with van der Waals surface area (Å²) < 4.78 is 44.3. The van der Waals surface area contributed by atoms with Gasteiger partial charge < -0.3 is 15.0 Å². The molecule has 2 amide bonds. The van der Waals surface area contributed by atoms with Gasteiger partial charge in [0.1, 0.15) is 0 Å². The molecule has 0 bridgehead atoms. The van der Waals surface area contributed by atoms with Crippen molar-refractivity contribution in [1.29, 1.82) is 0 Å². The Balaban J connectivity index is 2.19. The fourth-order valence-electron chi connectivity index (χ4n) is 2.54. The summed E-state index contributed by atoms with van der Waals surface area (Å²) in [7, 11) is 2.68. The molecular weight excluding hydrogens is 313 g/mol. The highest BCUT2D eigenvalue weighted by atomic mass is 19.4. The molecule has 1 saturated heterocycles. The molecule has 1 fully saturated rings. The maximum atomic E-state index is 13.1. The molecule has 0 aliphatic carbocycles. The minimum Gasteiger partial charge on any atom is -0.367 e. The van der Waals surface area contributed by atoms with Crippen LogP contribution in [0.2, 0.25) is 0 Å². The molecular formula is C15H17F3N2O3. The summed E-state index contributed by atoms with van der Waals surface area (Å²) in [6.45, 7) is 0.346. The van der Waals surface area contributed by atoms with Crippen LogP contribution in [0.15, 0.2) is 24.3 Å². The molecule has 23 heavy (non-hydrogen) atoms. The second kappa shape index (κ2) is 6.57. The third kappa shape index (κ3) is 3.47. The van der Waals surface area contributed by atoms with E-state index in [2.05, 4.69) is 5.32 Å². The maximum absolute atomic E-state index is 13.1. The lowest BCUT2D eigenvalue weighted by molar-refractivity contribution is -0.153. The van der Waals surface area contributed by atoms with Crippen molar-refractivity contribution in [1.82, 2.24) is 10.2 Å². The van der Waals surface area contributed by atoms with Crippen LogP contribution in [0.5, 0.6) is 0 Å². The normalized spacial score (nSPS) is 16.7. The molecule has 126 valence electrons. The Kier molecular flexibility index (Phi) is 4.93. The number of benzene rings is 1. The van der Waals surface area contributed by atoms with E-state index in [-0.39, 0.29) is 30.5 Å². The zero-order valence-electron chi connectivity index (χ0n) is 12.7. The monoisotopic (exact) mass is 330 g/mol. The fraction of sp³-hybridized carbons (Fsp3) is 0.467. The minimum atomic E-state index is -4.58. The molecule has 1 aliphatic rings. The molecule has 0 radical (unpaired) electrons. The van der Waals surface area contributed by atoms with Gasteiger partial charge in [0.25, 0.3) is 5.91 Å². The van der Waals surface area contributed by atoms with Crippen molar-refractivity contribution in [3.63, 3.8) is 0 Å². The predicted octanol–water partition coefficient (Wildman–Crippen LogP) is 1.60. The van der Waals surface area contributed by atoms with Gasteiger partial charge in [0.05, 0.1) is 11.5 Å². The van der Waals surface area contributed by atoms with Crippen LogP contribution in [0, 0.1) is 5.92 Å². The Morgan fingerprint density at radius 1 is 1.30 bits per heavy atom. The van der Waals surface area contributed by atoms with Gasteiger partial charge in [-0.25, -0.2) is 0 Å². The molecule has 5 nitrogen and oxygen atoms in total. The van der Waals surface area contributed by atoms with Crippen LogP contribution in [0.4, 0.5) is 13.2 Å². The first-order valence-electron chi connectivity index (χ1n) is 6.99. The second-order valence-electron chi connectivity index (χ2n) is 5.26. The summed E-state index contributed by atoms with van der Waals surface area (Å²) in [6.07, 6.45) is -5.92. The third-order valence-electron chi connectivity index (χ3n) is 3.82. The van der Waals surface area contributed by atoms with Gasteiger partial charge in [0.15, 0.2) is 6.10 Å². The number of carbonyl (C=O) groups excluding carboxylic acids is 2. The van der Waals surface area contributed by atoms with Gasteiger partial charge in [-0.3, -0.25) is 9.59 Å². The van der Waals surface area contributed by atoms with Crippen molar-refractivity contribution in [2.75, 3.05) is 27.2 Å². The lowest BCUT2D eigenvalue weighted by Gasteiger charge is -2.39. The minimum absolute atomic E-state index is 0.173. The Morgan fingerprint density at radius 2 is 1.91 bits per heavy atom. The van der Waals surface area contributed by atoms with E-state index < -0.39 is 23.8 Å². The zero-order chi connectivity index (χ0) is 17.2. The number of halogens is 3. The van der Waals surface area contributed by atoms with Crippen molar-refractivity contribution in [3.8, 4) is 0 Å². The van der Waals surface area contributed by atoms with E-state index >= 15 is 0 Å². The first-order valence-corrected chi connectivity index (χ1v) is 6.99. The van der Waals surface area contributed by atoms with Gasteiger partial charge >= 0.3 is 6.18 Å². The summed E-state index contributed by atoms with van der Waals surface area (Å²) in [4.78, 5) is 25.1. The molecule has 1 aromatic carbocycles. The molecule has 1 heterocycles. The number of amides is 2.